The first-order chi connectivity index (χ1) is 13.4. The zero-order chi connectivity index (χ0) is 20.3. The number of carbonyl (C=O) groups excluding carboxylic acids is 1. The molecule has 3 aromatic rings. The minimum absolute atomic E-state index is 0.0798. The Morgan fingerprint density at radius 3 is 2.82 bits per heavy atom. The van der Waals surface area contributed by atoms with Crippen molar-refractivity contribution in [2.75, 3.05) is 6.61 Å². The number of aromatic nitrogens is 3. The normalized spacial score (nSPS) is 12.2. The van der Waals surface area contributed by atoms with E-state index in [1.807, 2.05) is 0 Å². The Bertz CT molecular complexity index is 1110. The number of rotatable bonds is 7. The molecule has 3 heterocycles. The molecule has 1 N–H and O–H groups in total. The van der Waals surface area contributed by atoms with Gasteiger partial charge in [-0.05, 0) is 32.3 Å². The molecule has 0 aliphatic rings. The molecular formula is C18H18FN3O6. The SMILES string of the molecule is CCOC(=O)c1cc(CCCc2cc(=O)oc3nc(C(C)F)[nH]c(=O)c23)on1. The van der Waals surface area contributed by atoms with E-state index >= 15 is 0 Å². The molecule has 0 aromatic carbocycles. The Morgan fingerprint density at radius 2 is 2.11 bits per heavy atom. The molecule has 0 aliphatic carbocycles. The van der Waals surface area contributed by atoms with E-state index in [2.05, 4.69) is 15.1 Å². The van der Waals surface area contributed by atoms with Gasteiger partial charge in [-0.15, -0.1) is 0 Å². The van der Waals surface area contributed by atoms with Crippen molar-refractivity contribution in [3.63, 3.8) is 0 Å². The van der Waals surface area contributed by atoms with Crippen LogP contribution in [0.15, 0.2) is 30.7 Å². The number of H-pyrrole nitrogens is 1. The van der Waals surface area contributed by atoms with Crippen LogP contribution in [0.1, 0.15) is 54.1 Å². The first-order valence-corrected chi connectivity index (χ1v) is 8.72. The molecule has 28 heavy (non-hydrogen) atoms. The third-order valence-electron chi connectivity index (χ3n) is 4.00. The van der Waals surface area contributed by atoms with Crippen LogP contribution < -0.4 is 11.2 Å². The number of fused-ring (bicyclic) bond motifs is 1. The Balaban J connectivity index is 1.79. The van der Waals surface area contributed by atoms with E-state index in [0.29, 0.717) is 30.6 Å². The van der Waals surface area contributed by atoms with Crippen molar-refractivity contribution in [1.29, 1.82) is 0 Å². The van der Waals surface area contributed by atoms with Crippen molar-refractivity contribution in [3.05, 3.63) is 55.7 Å². The van der Waals surface area contributed by atoms with Crippen LogP contribution in [0.3, 0.4) is 0 Å². The van der Waals surface area contributed by atoms with Gasteiger partial charge in [0, 0.05) is 18.6 Å². The van der Waals surface area contributed by atoms with Gasteiger partial charge in [-0.3, -0.25) is 4.79 Å². The van der Waals surface area contributed by atoms with E-state index in [9.17, 15) is 18.8 Å². The fraction of sp³-hybridized carbons (Fsp3) is 0.389. The molecule has 1 unspecified atom stereocenters. The molecule has 0 amide bonds. The molecule has 3 aromatic heterocycles. The highest BCUT2D eigenvalue weighted by Crippen LogP contribution is 2.17. The summed E-state index contributed by atoms with van der Waals surface area (Å²) in [5.74, 6) is -0.304. The van der Waals surface area contributed by atoms with Crippen LogP contribution in [0.25, 0.3) is 11.1 Å². The number of nitrogens with zero attached hydrogens (tertiary/aromatic N) is 2. The third kappa shape index (κ3) is 4.16. The van der Waals surface area contributed by atoms with E-state index in [-0.39, 0.29) is 29.2 Å². The fourth-order valence-electron chi connectivity index (χ4n) is 2.74. The van der Waals surface area contributed by atoms with E-state index in [4.69, 9.17) is 13.7 Å². The van der Waals surface area contributed by atoms with Crippen LogP contribution in [-0.2, 0) is 17.6 Å². The van der Waals surface area contributed by atoms with E-state index in [1.165, 1.54) is 19.1 Å². The summed E-state index contributed by atoms with van der Waals surface area (Å²) in [5.41, 5.74) is -0.941. The van der Waals surface area contributed by atoms with Gasteiger partial charge in [0.05, 0.1) is 6.61 Å². The molecule has 0 aliphatic heterocycles. The standard InChI is InChI=1S/C18H18FN3O6/c1-3-26-18(25)12-8-11(28-22-12)6-4-5-10-7-13(23)27-17-14(10)16(24)20-15(21-17)9(2)19/h7-9H,3-6H2,1-2H3,(H,20,21,24). The van der Waals surface area contributed by atoms with Crippen LogP contribution in [0.4, 0.5) is 4.39 Å². The molecule has 0 radical (unpaired) electrons. The smallest absolute Gasteiger partial charge is 0.360 e. The van der Waals surface area contributed by atoms with Gasteiger partial charge in [-0.2, -0.15) is 4.98 Å². The van der Waals surface area contributed by atoms with Crippen LogP contribution >= 0.6 is 0 Å². The number of aromatic amines is 1. The number of hydrogen-bond donors (Lipinski definition) is 1. The number of alkyl halides is 1. The molecule has 9 nitrogen and oxygen atoms in total. The second-order valence-corrected chi connectivity index (χ2v) is 6.09. The first kappa shape index (κ1) is 19.5. The molecule has 0 bridgehead atoms. The molecule has 0 fully saturated rings. The minimum Gasteiger partial charge on any atom is -0.461 e. The third-order valence-corrected chi connectivity index (χ3v) is 4.00. The summed E-state index contributed by atoms with van der Waals surface area (Å²) in [6, 6.07) is 2.70. The maximum absolute atomic E-state index is 13.4. The lowest BCUT2D eigenvalue weighted by atomic mass is 10.1. The lowest BCUT2D eigenvalue weighted by molar-refractivity contribution is 0.0514. The average Bonchev–Trinajstić information content (AvgIpc) is 3.10. The first-order valence-electron chi connectivity index (χ1n) is 8.72. The van der Waals surface area contributed by atoms with Crippen molar-refractivity contribution >= 4 is 17.1 Å². The molecule has 0 saturated carbocycles. The molecule has 148 valence electrons. The van der Waals surface area contributed by atoms with Gasteiger partial charge in [0.15, 0.2) is 11.9 Å². The van der Waals surface area contributed by atoms with Crippen molar-refractivity contribution in [2.24, 2.45) is 0 Å². The Hall–Kier alpha value is -3.30. The number of hydrogen-bond acceptors (Lipinski definition) is 8. The Kier molecular flexibility index (Phi) is 5.67. The van der Waals surface area contributed by atoms with Gasteiger partial charge in [0.1, 0.15) is 17.0 Å². The van der Waals surface area contributed by atoms with Crippen LogP contribution in [0.5, 0.6) is 0 Å². The monoisotopic (exact) mass is 391 g/mol. The zero-order valence-corrected chi connectivity index (χ0v) is 15.3. The molecule has 0 spiro atoms. The van der Waals surface area contributed by atoms with Gasteiger partial charge in [0.25, 0.3) is 5.56 Å². The quantitative estimate of drug-likeness (QED) is 0.607. The van der Waals surface area contributed by atoms with Crippen LogP contribution in [0, 0.1) is 0 Å². The number of esters is 1. The van der Waals surface area contributed by atoms with E-state index in [0.717, 1.165) is 0 Å². The predicted molar refractivity (Wildman–Crippen MR) is 94.9 cm³/mol. The number of carbonyl (C=O) groups is 1. The van der Waals surface area contributed by atoms with Crippen molar-refractivity contribution in [3.8, 4) is 0 Å². The van der Waals surface area contributed by atoms with Crippen molar-refractivity contribution < 1.29 is 22.9 Å². The highest BCUT2D eigenvalue weighted by Gasteiger charge is 2.16. The number of ether oxygens (including phenoxy) is 1. The zero-order valence-electron chi connectivity index (χ0n) is 15.3. The fourth-order valence-corrected chi connectivity index (χ4v) is 2.74. The van der Waals surface area contributed by atoms with E-state index in [1.54, 1.807) is 6.92 Å². The maximum Gasteiger partial charge on any atom is 0.360 e. The van der Waals surface area contributed by atoms with Gasteiger partial charge in [-0.1, -0.05) is 5.16 Å². The predicted octanol–water partition coefficient (Wildman–Crippen LogP) is 2.25. The Labute approximate surface area is 157 Å². The summed E-state index contributed by atoms with van der Waals surface area (Å²) in [7, 11) is 0. The van der Waals surface area contributed by atoms with Gasteiger partial charge >= 0.3 is 11.6 Å². The summed E-state index contributed by atoms with van der Waals surface area (Å²) in [5, 5.41) is 3.76. The maximum atomic E-state index is 13.4. The molecule has 1 atom stereocenters. The van der Waals surface area contributed by atoms with Gasteiger partial charge < -0.3 is 18.7 Å². The Morgan fingerprint density at radius 1 is 1.32 bits per heavy atom. The second kappa shape index (κ2) is 8.15. The summed E-state index contributed by atoms with van der Waals surface area (Å²) in [4.78, 5) is 41.9. The van der Waals surface area contributed by atoms with E-state index < -0.39 is 23.3 Å². The molecular weight excluding hydrogens is 373 g/mol. The molecule has 10 heteroatoms. The van der Waals surface area contributed by atoms with Crippen molar-refractivity contribution in [2.45, 2.75) is 39.3 Å². The summed E-state index contributed by atoms with van der Waals surface area (Å²) >= 11 is 0. The highest BCUT2D eigenvalue weighted by molar-refractivity contribution is 5.87. The lowest BCUT2D eigenvalue weighted by Crippen LogP contribution is -2.16. The second-order valence-electron chi connectivity index (χ2n) is 6.09. The lowest BCUT2D eigenvalue weighted by Gasteiger charge is -2.06. The molecule has 0 saturated heterocycles. The van der Waals surface area contributed by atoms with Crippen LogP contribution in [0.2, 0.25) is 0 Å². The van der Waals surface area contributed by atoms with Gasteiger partial charge in [0.2, 0.25) is 5.71 Å². The number of aryl methyl sites for hydroxylation is 2. The highest BCUT2D eigenvalue weighted by atomic mass is 19.1. The summed E-state index contributed by atoms with van der Waals surface area (Å²) in [6.45, 7) is 3.14. The summed E-state index contributed by atoms with van der Waals surface area (Å²) < 4.78 is 28.3. The largest absolute Gasteiger partial charge is 0.461 e. The number of halogens is 1. The minimum atomic E-state index is -1.51. The number of nitrogens with one attached hydrogen (secondary N) is 1. The average molecular weight is 391 g/mol. The topological polar surface area (TPSA) is 128 Å². The van der Waals surface area contributed by atoms with Gasteiger partial charge in [-0.25, -0.2) is 14.0 Å². The summed E-state index contributed by atoms with van der Waals surface area (Å²) in [6.07, 6.45) is -0.256. The van der Waals surface area contributed by atoms with Crippen LogP contribution in [-0.4, -0.2) is 27.7 Å². The molecule has 3 rings (SSSR count). The van der Waals surface area contributed by atoms with Crippen molar-refractivity contribution in [1.82, 2.24) is 15.1 Å².